The average molecular weight is 356 g/mol. The van der Waals surface area contributed by atoms with Crippen molar-refractivity contribution < 1.29 is 14.3 Å². The zero-order chi connectivity index (χ0) is 18.6. The minimum absolute atomic E-state index is 0.0126. The summed E-state index contributed by atoms with van der Waals surface area (Å²) in [5.41, 5.74) is 2.33. The standard InChI is InChI=1S/C22H16N2O3/c23-13-14-26-16-11-9-15(10-12-16)24-22(25)21-17-5-1-3-7-19(17)27-20-8-4-2-6-18(20)21/h1-12,21H,14H2,(H,24,25). The first kappa shape index (κ1) is 16.7. The van der Waals surface area contributed by atoms with Crippen molar-refractivity contribution in [3.63, 3.8) is 0 Å². The van der Waals surface area contributed by atoms with Crippen molar-refractivity contribution in [2.24, 2.45) is 0 Å². The van der Waals surface area contributed by atoms with E-state index < -0.39 is 5.92 Å². The molecule has 0 spiro atoms. The minimum Gasteiger partial charge on any atom is -0.479 e. The molecule has 0 atom stereocenters. The molecule has 27 heavy (non-hydrogen) atoms. The third-order valence-corrected chi connectivity index (χ3v) is 4.37. The van der Waals surface area contributed by atoms with Gasteiger partial charge in [0.05, 0.1) is 5.92 Å². The van der Waals surface area contributed by atoms with Crippen LogP contribution in [0.1, 0.15) is 17.0 Å². The third-order valence-electron chi connectivity index (χ3n) is 4.37. The summed E-state index contributed by atoms with van der Waals surface area (Å²) in [7, 11) is 0. The summed E-state index contributed by atoms with van der Waals surface area (Å²) in [6, 6.07) is 24.0. The first-order valence-electron chi connectivity index (χ1n) is 8.52. The third kappa shape index (κ3) is 3.33. The zero-order valence-corrected chi connectivity index (χ0v) is 14.4. The molecule has 3 aromatic carbocycles. The highest BCUT2D eigenvalue weighted by Gasteiger charge is 2.32. The van der Waals surface area contributed by atoms with Crippen LogP contribution in [0.25, 0.3) is 0 Å². The predicted octanol–water partition coefficient (Wildman–Crippen LogP) is 4.47. The Morgan fingerprint density at radius 2 is 1.56 bits per heavy atom. The van der Waals surface area contributed by atoms with Crippen LogP contribution in [-0.2, 0) is 4.79 Å². The highest BCUT2D eigenvalue weighted by molar-refractivity contribution is 5.99. The number of anilines is 1. The maximum atomic E-state index is 13.1. The fourth-order valence-electron chi connectivity index (χ4n) is 3.16. The molecular weight excluding hydrogens is 340 g/mol. The lowest BCUT2D eigenvalue weighted by Crippen LogP contribution is -2.25. The van der Waals surface area contributed by atoms with Crippen LogP contribution in [-0.4, -0.2) is 12.5 Å². The molecule has 1 heterocycles. The smallest absolute Gasteiger partial charge is 0.236 e. The highest BCUT2D eigenvalue weighted by atomic mass is 16.5. The maximum Gasteiger partial charge on any atom is 0.236 e. The molecule has 0 saturated carbocycles. The van der Waals surface area contributed by atoms with Crippen LogP contribution in [0.5, 0.6) is 17.2 Å². The lowest BCUT2D eigenvalue weighted by molar-refractivity contribution is -0.116. The largest absolute Gasteiger partial charge is 0.479 e. The Kier molecular flexibility index (Phi) is 4.46. The number of nitrogens with one attached hydrogen (secondary N) is 1. The number of nitrogens with zero attached hydrogens (tertiary/aromatic N) is 1. The monoisotopic (exact) mass is 356 g/mol. The van der Waals surface area contributed by atoms with Crippen LogP contribution in [0.15, 0.2) is 72.8 Å². The van der Waals surface area contributed by atoms with Crippen LogP contribution >= 0.6 is 0 Å². The number of rotatable bonds is 4. The van der Waals surface area contributed by atoms with Crippen LogP contribution in [0.2, 0.25) is 0 Å². The lowest BCUT2D eigenvalue weighted by Gasteiger charge is -2.27. The van der Waals surface area contributed by atoms with Gasteiger partial charge >= 0.3 is 0 Å². The van der Waals surface area contributed by atoms with Crippen LogP contribution < -0.4 is 14.8 Å². The van der Waals surface area contributed by atoms with Gasteiger partial charge in [-0.2, -0.15) is 5.26 Å². The molecule has 5 nitrogen and oxygen atoms in total. The van der Waals surface area contributed by atoms with Gasteiger partial charge in [0.25, 0.3) is 0 Å². The number of nitriles is 1. The fraction of sp³-hybridized carbons (Fsp3) is 0.0909. The molecule has 5 heteroatoms. The summed E-state index contributed by atoms with van der Waals surface area (Å²) in [4.78, 5) is 13.1. The van der Waals surface area contributed by atoms with E-state index in [0.717, 1.165) is 11.1 Å². The molecule has 1 N–H and O–H groups in total. The van der Waals surface area contributed by atoms with E-state index in [1.165, 1.54) is 0 Å². The molecule has 0 bridgehead atoms. The van der Waals surface area contributed by atoms with Crippen molar-refractivity contribution >= 4 is 11.6 Å². The Hall–Kier alpha value is -3.78. The van der Waals surface area contributed by atoms with E-state index in [9.17, 15) is 4.79 Å². The zero-order valence-electron chi connectivity index (χ0n) is 14.4. The van der Waals surface area contributed by atoms with Crippen molar-refractivity contribution in [1.29, 1.82) is 5.26 Å². The minimum atomic E-state index is -0.458. The summed E-state index contributed by atoms with van der Waals surface area (Å²) in [5, 5.41) is 11.5. The number of ether oxygens (including phenoxy) is 2. The van der Waals surface area contributed by atoms with E-state index >= 15 is 0 Å². The number of para-hydroxylation sites is 2. The lowest BCUT2D eigenvalue weighted by atomic mass is 9.87. The van der Waals surface area contributed by atoms with Crippen LogP contribution in [0.3, 0.4) is 0 Å². The Balaban J connectivity index is 1.61. The van der Waals surface area contributed by atoms with E-state index in [1.54, 1.807) is 24.3 Å². The Morgan fingerprint density at radius 1 is 0.963 bits per heavy atom. The fourth-order valence-corrected chi connectivity index (χ4v) is 3.16. The van der Waals surface area contributed by atoms with Gasteiger partial charge in [0.2, 0.25) is 5.91 Å². The van der Waals surface area contributed by atoms with Crippen molar-refractivity contribution in [2.75, 3.05) is 11.9 Å². The van der Waals surface area contributed by atoms with Crippen molar-refractivity contribution in [1.82, 2.24) is 0 Å². The number of carbonyl (C=O) groups excluding carboxylic acids is 1. The highest BCUT2D eigenvalue weighted by Crippen LogP contribution is 2.44. The summed E-state index contributed by atoms with van der Waals surface area (Å²) in [6.07, 6.45) is 0. The number of amides is 1. The molecule has 1 amide bonds. The maximum absolute atomic E-state index is 13.1. The van der Waals surface area contributed by atoms with E-state index in [1.807, 2.05) is 54.6 Å². The molecule has 1 aliphatic rings. The van der Waals surface area contributed by atoms with Gasteiger partial charge in [-0.25, -0.2) is 0 Å². The van der Waals surface area contributed by atoms with Gasteiger partial charge in [0.15, 0.2) is 6.61 Å². The first-order chi connectivity index (χ1) is 13.3. The number of fused-ring (bicyclic) bond motifs is 2. The quantitative estimate of drug-likeness (QED) is 0.749. The molecule has 0 fully saturated rings. The number of carbonyl (C=O) groups is 1. The van der Waals surface area contributed by atoms with Crippen LogP contribution in [0.4, 0.5) is 5.69 Å². The number of benzene rings is 3. The van der Waals surface area contributed by atoms with Gasteiger partial charge in [-0.05, 0) is 36.4 Å². The van der Waals surface area contributed by atoms with E-state index in [0.29, 0.717) is 22.9 Å². The van der Waals surface area contributed by atoms with Crippen LogP contribution in [0, 0.1) is 11.3 Å². The van der Waals surface area contributed by atoms with Crippen molar-refractivity contribution in [3.05, 3.63) is 83.9 Å². The second-order valence-electron chi connectivity index (χ2n) is 6.07. The second kappa shape index (κ2) is 7.22. The normalized spacial score (nSPS) is 12.1. The molecule has 132 valence electrons. The topological polar surface area (TPSA) is 71.3 Å². The van der Waals surface area contributed by atoms with Gasteiger partial charge in [-0.15, -0.1) is 0 Å². The predicted molar refractivity (Wildman–Crippen MR) is 101 cm³/mol. The SMILES string of the molecule is N#CCOc1ccc(NC(=O)C2c3ccccc3Oc3ccccc32)cc1. The van der Waals surface area contributed by atoms with Gasteiger partial charge in [-0.1, -0.05) is 36.4 Å². The Morgan fingerprint density at radius 3 is 2.15 bits per heavy atom. The van der Waals surface area contributed by atoms with E-state index in [4.69, 9.17) is 14.7 Å². The Labute approximate surface area is 156 Å². The average Bonchev–Trinajstić information content (AvgIpc) is 2.71. The van der Waals surface area contributed by atoms with Crippen molar-refractivity contribution in [2.45, 2.75) is 5.92 Å². The molecule has 0 radical (unpaired) electrons. The summed E-state index contributed by atoms with van der Waals surface area (Å²) < 4.78 is 11.2. The molecule has 0 aromatic heterocycles. The van der Waals surface area contributed by atoms with E-state index in [-0.39, 0.29) is 12.5 Å². The van der Waals surface area contributed by atoms with Crippen molar-refractivity contribution in [3.8, 4) is 23.3 Å². The first-order valence-corrected chi connectivity index (χ1v) is 8.52. The van der Waals surface area contributed by atoms with Gasteiger partial charge in [0.1, 0.15) is 23.3 Å². The summed E-state index contributed by atoms with van der Waals surface area (Å²) in [5.74, 6) is 1.37. The Bertz CT molecular complexity index is 977. The van der Waals surface area contributed by atoms with Gasteiger partial charge in [0, 0.05) is 16.8 Å². The molecular formula is C22H16N2O3. The molecule has 0 saturated heterocycles. The number of hydrogen-bond donors (Lipinski definition) is 1. The molecule has 4 rings (SSSR count). The molecule has 0 aliphatic carbocycles. The van der Waals surface area contributed by atoms with Gasteiger partial charge < -0.3 is 14.8 Å². The molecule has 0 unspecified atom stereocenters. The summed E-state index contributed by atoms with van der Waals surface area (Å²) in [6.45, 7) is -0.0126. The molecule has 1 aliphatic heterocycles. The van der Waals surface area contributed by atoms with Gasteiger partial charge in [-0.3, -0.25) is 4.79 Å². The van der Waals surface area contributed by atoms with E-state index in [2.05, 4.69) is 5.32 Å². The molecule has 3 aromatic rings. The second-order valence-corrected chi connectivity index (χ2v) is 6.07. The summed E-state index contributed by atoms with van der Waals surface area (Å²) >= 11 is 0. The number of hydrogen-bond acceptors (Lipinski definition) is 4.